The molecule has 0 aliphatic rings. The Labute approximate surface area is 111 Å². The molecule has 19 heavy (non-hydrogen) atoms. The minimum atomic E-state index is -0.927. The van der Waals surface area contributed by atoms with E-state index in [2.05, 4.69) is 0 Å². The van der Waals surface area contributed by atoms with Gasteiger partial charge in [0, 0.05) is 6.08 Å². The lowest BCUT2D eigenvalue weighted by molar-refractivity contribution is -0.131. The molecular weight excluding hydrogens is 240 g/mol. The number of carbonyl (C=O) groups is 1. The molecule has 0 aromatic heterocycles. The highest BCUT2D eigenvalue weighted by Crippen LogP contribution is 2.21. The fourth-order valence-corrected chi connectivity index (χ4v) is 1.61. The van der Waals surface area contributed by atoms with Crippen molar-refractivity contribution in [3.63, 3.8) is 0 Å². The smallest absolute Gasteiger partial charge is 0.327 e. The fraction of sp³-hybridized carbons (Fsp3) is 0.0625. The van der Waals surface area contributed by atoms with Crippen LogP contribution < -0.4 is 4.74 Å². The Hall–Kier alpha value is -2.55. The van der Waals surface area contributed by atoms with E-state index in [0.717, 1.165) is 23.1 Å². The normalized spacial score (nSPS) is 10.5. The van der Waals surface area contributed by atoms with Crippen LogP contribution in [0.3, 0.4) is 0 Å². The number of para-hydroxylation sites is 1. The number of carboxylic acid groups (broad SMARTS) is 1. The molecule has 3 heteroatoms. The average Bonchev–Trinajstić information content (AvgIpc) is 2.42. The summed E-state index contributed by atoms with van der Waals surface area (Å²) in [5.41, 5.74) is 1.04. The zero-order chi connectivity index (χ0) is 13.5. The first-order valence-corrected chi connectivity index (χ1v) is 5.95. The molecule has 2 rings (SSSR count). The SMILES string of the molecule is O=C(O)/C=C/Cc1ccc(Oc2ccccc2)cc1. The summed E-state index contributed by atoms with van der Waals surface area (Å²) in [5, 5.41) is 8.49. The summed E-state index contributed by atoms with van der Waals surface area (Å²) in [6.07, 6.45) is 3.36. The van der Waals surface area contributed by atoms with E-state index in [1.807, 2.05) is 54.6 Å². The summed E-state index contributed by atoms with van der Waals surface area (Å²) < 4.78 is 5.66. The van der Waals surface area contributed by atoms with Crippen molar-refractivity contribution in [2.24, 2.45) is 0 Å². The molecule has 0 unspecified atom stereocenters. The molecule has 0 aliphatic heterocycles. The van der Waals surface area contributed by atoms with E-state index >= 15 is 0 Å². The maximum Gasteiger partial charge on any atom is 0.327 e. The van der Waals surface area contributed by atoms with Gasteiger partial charge >= 0.3 is 5.97 Å². The molecule has 0 saturated carbocycles. The third-order valence-corrected chi connectivity index (χ3v) is 2.52. The van der Waals surface area contributed by atoms with Gasteiger partial charge in [0.05, 0.1) is 0 Å². The summed E-state index contributed by atoms with van der Waals surface area (Å²) in [5.74, 6) is 0.627. The van der Waals surface area contributed by atoms with Gasteiger partial charge in [-0.1, -0.05) is 36.4 Å². The van der Waals surface area contributed by atoms with Crippen molar-refractivity contribution >= 4 is 5.97 Å². The van der Waals surface area contributed by atoms with Crippen molar-refractivity contribution in [3.05, 3.63) is 72.3 Å². The molecule has 0 bridgehead atoms. The number of ether oxygens (including phenoxy) is 1. The quantitative estimate of drug-likeness (QED) is 0.828. The largest absolute Gasteiger partial charge is 0.478 e. The highest BCUT2D eigenvalue weighted by atomic mass is 16.5. The highest BCUT2D eigenvalue weighted by Gasteiger charge is 1.96. The first-order valence-electron chi connectivity index (χ1n) is 5.95. The average molecular weight is 254 g/mol. The standard InChI is InChI=1S/C16H14O3/c17-16(18)8-4-5-13-9-11-15(12-10-13)19-14-6-2-1-3-7-14/h1-4,6-12H,5H2,(H,17,18)/b8-4+. The maximum atomic E-state index is 10.3. The number of rotatable bonds is 5. The maximum absolute atomic E-state index is 10.3. The molecule has 1 N–H and O–H groups in total. The van der Waals surface area contributed by atoms with Crippen LogP contribution in [0, 0.1) is 0 Å². The monoisotopic (exact) mass is 254 g/mol. The second kappa shape index (κ2) is 6.40. The number of benzene rings is 2. The highest BCUT2D eigenvalue weighted by molar-refractivity contribution is 5.79. The summed E-state index contributed by atoms with van der Waals surface area (Å²) in [6.45, 7) is 0. The van der Waals surface area contributed by atoms with Crippen molar-refractivity contribution in [1.82, 2.24) is 0 Å². The summed E-state index contributed by atoms with van der Waals surface area (Å²) in [6, 6.07) is 17.1. The summed E-state index contributed by atoms with van der Waals surface area (Å²) in [7, 11) is 0. The summed E-state index contributed by atoms with van der Waals surface area (Å²) in [4.78, 5) is 10.3. The van der Waals surface area contributed by atoms with E-state index in [-0.39, 0.29) is 0 Å². The zero-order valence-electron chi connectivity index (χ0n) is 10.3. The van der Waals surface area contributed by atoms with Gasteiger partial charge < -0.3 is 9.84 Å². The molecule has 0 radical (unpaired) electrons. The van der Waals surface area contributed by atoms with Crippen LogP contribution in [0.4, 0.5) is 0 Å². The Morgan fingerprint density at radius 2 is 1.63 bits per heavy atom. The number of hydrogen-bond acceptors (Lipinski definition) is 2. The molecule has 0 atom stereocenters. The second-order valence-electron chi connectivity index (χ2n) is 4.00. The van der Waals surface area contributed by atoms with Crippen LogP contribution >= 0.6 is 0 Å². The minimum Gasteiger partial charge on any atom is -0.478 e. The lowest BCUT2D eigenvalue weighted by Crippen LogP contribution is -1.88. The number of aliphatic carboxylic acids is 1. The van der Waals surface area contributed by atoms with Gasteiger partial charge in [-0.05, 0) is 36.2 Å². The zero-order valence-corrected chi connectivity index (χ0v) is 10.3. The lowest BCUT2D eigenvalue weighted by atomic mass is 10.1. The van der Waals surface area contributed by atoms with Crippen molar-refractivity contribution in [2.75, 3.05) is 0 Å². The van der Waals surface area contributed by atoms with Gasteiger partial charge in [-0.2, -0.15) is 0 Å². The predicted octanol–water partition coefficient (Wildman–Crippen LogP) is 3.66. The number of hydrogen-bond donors (Lipinski definition) is 1. The van der Waals surface area contributed by atoms with Crippen LogP contribution in [-0.4, -0.2) is 11.1 Å². The van der Waals surface area contributed by atoms with E-state index in [9.17, 15) is 4.79 Å². The van der Waals surface area contributed by atoms with Crippen LogP contribution in [0.25, 0.3) is 0 Å². The lowest BCUT2D eigenvalue weighted by Gasteiger charge is -2.05. The van der Waals surface area contributed by atoms with Crippen molar-refractivity contribution in [1.29, 1.82) is 0 Å². The molecular formula is C16H14O3. The van der Waals surface area contributed by atoms with Crippen LogP contribution in [0.5, 0.6) is 11.5 Å². The van der Waals surface area contributed by atoms with Crippen LogP contribution in [0.2, 0.25) is 0 Å². The first kappa shape index (κ1) is 12.9. The molecule has 2 aromatic rings. The number of carboxylic acids is 1. The van der Waals surface area contributed by atoms with Gasteiger partial charge in [0.15, 0.2) is 0 Å². The third kappa shape index (κ3) is 4.32. The molecule has 0 fully saturated rings. The van der Waals surface area contributed by atoms with Crippen molar-refractivity contribution in [2.45, 2.75) is 6.42 Å². The molecule has 2 aromatic carbocycles. The van der Waals surface area contributed by atoms with E-state index in [0.29, 0.717) is 6.42 Å². The topological polar surface area (TPSA) is 46.5 Å². The van der Waals surface area contributed by atoms with Gasteiger partial charge in [-0.15, -0.1) is 0 Å². The van der Waals surface area contributed by atoms with Crippen LogP contribution in [0.15, 0.2) is 66.7 Å². The van der Waals surface area contributed by atoms with Crippen molar-refractivity contribution in [3.8, 4) is 11.5 Å². The minimum absolute atomic E-state index is 0.595. The Bertz CT molecular complexity index is 556. The molecule has 3 nitrogen and oxygen atoms in total. The van der Waals surface area contributed by atoms with Crippen LogP contribution in [-0.2, 0) is 11.2 Å². The van der Waals surface area contributed by atoms with Gasteiger partial charge in [-0.25, -0.2) is 4.79 Å². The van der Waals surface area contributed by atoms with E-state index in [1.54, 1.807) is 6.08 Å². The summed E-state index contributed by atoms with van der Waals surface area (Å²) >= 11 is 0. The van der Waals surface area contributed by atoms with E-state index < -0.39 is 5.97 Å². The van der Waals surface area contributed by atoms with Gasteiger partial charge in [0.25, 0.3) is 0 Å². The first-order chi connectivity index (χ1) is 9.24. The molecule has 0 saturated heterocycles. The second-order valence-corrected chi connectivity index (χ2v) is 4.00. The fourth-order valence-electron chi connectivity index (χ4n) is 1.61. The van der Waals surface area contributed by atoms with Gasteiger partial charge in [0.2, 0.25) is 0 Å². The molecule has 0 spiro atoms. The Morgan fingerprint density at radius 3 is 2.26 bits per heavy atom. The number of allylic oxidation sites excluding steroid dienone is 1. The van der Waals surface area contributed by atoms with E-state index in [4.69, 9.17) is 9.84 Å². The Balaban J connectivity index is 1.97. The molecule has 0 heterocycles. The van der Waals surface area contributed by atoms with Crippen LogP contribution in [0.1, 0.15) is 5.56 Å². The van der Waals surface area contributed by atoms with Gasteiger partial charge in [-0.3, -0.25) is 0 Å². The van der Waals surface area contributed by atoms with Crippen molar-refractivity contribution < 1.29 is 14.6 Å². The molecule has 96 valence electrons. The Morgan fingerprint density at radius 1 is 1.00 bits per heavy atom. The van der Waals surface area contributed by atoms with E-state index in [1.165, 1.54) is 0 Å². The molecule has 0 aliphatic carbocycles. The Kier molecular flexibility index (Phi) is 4.34. The molecule has 0 amide bonds. The third-order valence-electron chi connectivity index (χ3n) is 2.52. The predicted molar refractivity (Wildman–Crippen MR) is 73.4 cm³/mol. The van der Waals surface area contributed by atoms with Gasteiger partial charge in [0.1, 0.15) is 11.5 Å².